The molecule has 4 aliphatic rings. The molecule has 208 valence electrons. The first-order chi connectivity index (χ1) is 16.5. The number of allylic oxidation sites excluding steroid dienone is 1. The van der Waals surface area contributed by atoms with Crippen LogP contribution in [0.25, 0.3) is 0 Å². The summed E-state index contributed by atoms with van der Waals surface area (Å²) in [6.45, 7) is 14.2. The maximum atomic E-state index is 11.9. The molecule has 6 N–H and O–H groups in total. The molecule has 0 aliphatic heterocycles. The Morgan fingerprint density at radius 2 is 1.61 bits per heavy atom. The van der Waals surface area contributed by atoms with Crippen LogP contribution in [0.5, 0.6) is 0 Å². The average molecular weight is 509 g/mol. The number of aliphatic hydroxyl groups excluding tert-OH is 5. The molecule has 0 aromatic carbocycles. The molecule has 0 saturated heterocycles. The van der Waals surface area contributed by atoms with Crippen molar-refractivity contribution in [3.8, 4) is 0 Å². The second-order valence-electron chi connectivity index (χ2n) is 14.7. The fraction of sp³-hybridized carbons (Fsp3) is 0.933. The second kappa shape index (κ2) is 9.02. The molecule has 0 radical (unpaired) electrons. The Hall–Kier alpha value is -0.500. The smallest absolute Gasteiger partial charge is 0.0853 e. The lowest BCUT2D eigenvalue weighted by Crippen LogP contribution is -2.61. The summed E-state index contributed by atoms with van der Waals surface area (Å²) >= 11 is 0. The van der Waals surface area contributed by atoms with Crippen LogP contribution >= 0.6 is 0 Å². The summed E-state index contributed by atoms with van der Waals surface area (Å²) in [4.78, 5) is 0. The van der Waals surface area contributed by atoms with Crippen molar-refractivity contribution >= 4 is 0 Å². The molecule has 6 nitrogen and oxygen atoms in total. The highest BCUT2D eigenvalue weighted by atomic mass is 16.3. The van der Waals surface area contributed by atoms with E-state index >= 15 is 0 Å². The predicted molar refractivity (Wildman–Crippen MR) is 140 cm³/mol. The van der Waals surface area contributed by atoms with E-state index in [9.17, 15) is 30.6 Å². The molecule has 0 bridgehead atoms. The molecule has 4 aliphatic carbocycles. The van der Waals surface area contributed by atoms with Crippen molar-refractivity contribution in [1.29, 1.82) is 0 Å². The van der Waals surface area contributed by atoms with Gasteiger partial charge in [0.1, 0.15) is 0 Å². The fourth-order valence-corrected chi connectivity index (χ4v) is 9.77. The standard InChI is InChI=1S/C30H52O6/c1-26(2)22-10-9-19-20(28(22,5)15-21(32)25(26)35)14-24(34)30(7)18(12-13-29(19,30)6)17(16-31)8-11-23(33)27(3,4)36/h17-18,21-25,31-36H,8-16H2,1-7H3/t17-,18+,21-,22+,23-,24-,25-,28+,29+,30+/m0/s1. The minimum absolute atomic E-state index is 0.00555. The molecule has 0 spiro atoms. The minimum atomic E-state index is -1.18. The van der Waals surface area contributed by atoms with Gasteiger partial charge in [0.25, 0.3) is 0 Å². The maximum absolute atomic E-state index is 11.9. The van der Waals surface area contributed by atoms with Crippen LogP contribution in [0.3, 0.4) is 0 Å². The Morgan fingerprint density at radius 3 is 2.19 bits per heavy atom. The van der Waals surface area contributed by atoms with E-state index in [-0.39, 0.29) is 35.2 Å². The minimum Gasteiger partial charge on any atom is -0.396 e. The van der Waals surface area contributed by atoms with Gasteiger partial charge in [-0.2, -0.15) is 0 Å². The predicted octanol–water partition coefficient (Wildman–Crippen LogP) is 3.56. The van der Waals surface area contributed by atoms with Crippen LogP contribution < -0.4 is 0 Å². The monoisotopic (exact) mass is 508 g/mol. The first-order valence-electron chi connectivity index (χ1n) is 14.2. The molecule has 0 unspecified atom stereocenters. The Bertz CT molecular complexity index is 875. The largest absolute Gasteiger partial charge is 0.396 e. The Morgan fingerprint density at radius 1 is 0.972 bits per heavy atom. The lowest BCUT2D eigenvalue weighted by Gasteiger charge is -2.63. The highest BCUT2D eigenvalue weighted by Crippen LogP contribution is 2.72. The van der Waals surface area contributed by atoms with Crippen molar-refractivity contribution in [2.75, 3.05) is 6.61 Å². The van der Waals surface area contributed by atoms with E-state index in [1.807, 2.05) is 0 Å². The van der Waals surface area contributed by atoms with Crippen LogP contribution in [0.4, 0.5) is 0 Å². The number of hydrogen-bond acceptors (Lipinski definition) is 6. The van der Waals surface area contributed by atoms with Crippen LogP contribution in [-0.2, 0) is 0 Å². The Labute approximate surface area is 217 Å². The second-order valence-corrected chi connectivity index (χ2v) is 14.7. The molecule has 0 heterocycles. The zero-order valence-electron chi connectivity index (χ0n) is 23.6. The Balaban J connectivity index is 1.69. The first-order valence-corrected chi connectivity index (χ1v) is 14.2. The molecule has 6 heteroatoms. The van der Waals surface area contributed by atoms with E-state index in [0.29, 0.717) is 25.7 Å². The molecular formula is C30H52O6. The van der Waals surface area contributed by atoms with Gasteiger partial charge in [0.05, 0.1) is 30.0 Å². The van der Waals surface area contributed by atoms with Gasteiger partial charge in [-0.25, -0.2) is 0 Å². The molecule has 36 heavy (non-hydrogen) atoms. The van der Waals surface area contributed by atoms with Gasteiger partial charge in [-0.1, -0.05) is 45.8 Å². The number of aliphatic hydroxyl groups is 6. The van der Waals surface area contributed by atoms with Crippen LogP contribution in [0, 0.1) is 39.4 Å². The van der Waals surface area contributed by atoms with Gasteiger partial charge in [0.15, 0.2) is 0 Å². The Kier molecular flexibility index (Phi) is 7.15. The molecule has 0 amide bonds. The van der Waals surface area contributed by atoms with Gasteiger partial charge in [-0.3, -0.25) is 0 Å². The topological polar surface area (TPSA) is 121 Å². The number of fused-ring (bicyclic) bond motifs is 4. The normalized spacial score (nSPS) is 46.1. The summed E-state index contributed by atoms with van der Waals surface area (Å²) in [6, 6.07) is 0. The summed E-state index contributed by atoms with van der Waals surface area (Å²) in [5.41, 5.74) is 0.313. The highest BCUT2D eigenvalue weighted by Gasteiger charge is 2.67. The van der Waals surface area contributed by atoms with E-state index in [2.05, 4.69) is 34.6 Å². The summed E-state index contributed by atoms with van der Waals surface area (Å²) in [6.07, 6.45) is 2.97. The maximum Gasteiger partial charge on any atom is 0.0853 e. The van der Waals surface area contributed by atoms with Crippen LogP contribution in [-0.4, -0.2) is 67.3 Å². The van der Waals surface area contributed by atoms with Gasteiger partial charge < -0.3 is 30.6 Å². The van der Waals surface area contributed by atoms with Crippen LogP contribution in [0.15, 0.2) is 11.1 Å². The van der Waals surface area contributed by atoms with Crippen molar-refractivity contribution < 1.29 is 30.6 Å². The molecule has 4 rings (SSSR count). The number of rotatable bonds is 6. The summed E-state index contributed by atoms with van der Waals surface area (Å²) in [5.74, 6) is 0.308. The van der Waals surface area contributed by atoms with Crippen LogP contribution in [0.2, 0.25) is 0 Å². The quantitative estimate of drug-likeness (QED) is 0.305. The summed E-state index contributed by atoms with van der Waals surface area (Å²) in [7, 11) is 0. The fourth-order valence-electron chi connectivity index (χ4n) is 9.77. The lowest BCUT2D eigenvalue weighted by molar-refractivity contribution is -0.163. The van der Waals surface area contributed by atoms with Crippen molar-refractivity contribution in [3.63, 3.8) is 0 Å². The molecule has 2 saturated carbocycles. The third-order valence-electron chi connectivity index (χ3n) is 12.3. The zero-order valence-corrected chi connectivity index (χ0v) is 23.6. The zero-order chi connectivity index (χ0) is 27.1. The molecule has 10 atom stereocenters. The average Bonchev–Trinajstić information content (AvgIpc) is 3.06. The van der Waals surface area contributed by atoms with Gasteiger partial charge in [-0.05, 0) is 99.2 Å². The van der Waals surface area contributed by atoms with Gasteiger partial charge in [-0.15, -0.1) is 0 Å². The van der Waals surface area contributed by atoms with E-state index in [4.69, 9.17) is 0 Å². The van der Waals surface area contributed by atoms with Gasteiger partial charge in [0, 0.05) is 12.0 Å². The van der Waals surface area contributed by atoms with E-state index in [0.717, 1.165) is 25.7 Å². The van der Waals surface area contributed by atoms with Crippen molar-refractivity contribution in [2.45, 2.75) is 130 Å². The van der Waals surface area contributed by atoms with Gasteiger partial charge >= 0.3 is 0 Å². The van der Waals surface area contributed by atoms with Crippen molar-refractivity contribution in [1.82, 2.24) is 0 Å². The summed E-state index contributed by atoms with van der Waals surface area (Å²) < 4.78 is 0. The lowest BCUT2D eigenvalue weighted by atomic mass is 9.42. The molecule has 2 fully saturated rings. The van der Waals surface area contributed by atoms with Crippen molar-refractivity contribution in [2.24, 2.45) is 39.4 Å². The first kappa shape index (κ1) is 28.5. The molecule has 0 aromatic heterocycles. The highest BCUT2D eigenvalue weighted by molar-refractivity contribution is 5.40. The summed E-state index contributed by atoms with van der Waals surface area (Å²) in [5, 5.41) is 64.7. The van der Waals surface area contributed by atoms with Crippen molar-refractivity contribution in [3.05, 3.63) is 11.1 Å². The van der Waals surface area contributed by atoms with Crippen LogP contribution in [0.1, 0.15) is 99.8 Å². The molecular weight excluding hydrogens is 456 g/mol. The van der Waals surface area contributed by atoms with Gasteiger partial charge in [0.2, 0.25) is 0 Å². The van der Waals surface area contributed by atoms with E-state index < -0.39 is 40.8 Å². The number of hydrogen-bond donors (Lipinski definition) is 6. The van der Waals surface area contributed by atoms with E-state index in [1.54, 1.807) is 13.8 Å². The third-order valence-corrected chi connectivity index (χ3v) is 12.3. The molecule has 0 aromatic rings. The van der Waals surface area contributed by atoms with E-state index in [1.165, 1.54) is 11.1 Å². The SMILES string of the molecule is CC(C)(O)[C@@H](O)CC[C@@H](CO)[C@H]1CC[C@]2(C)C3=C(C[C@H](O)[C@@]12C)[C@@]1(C)C[C@H](O)[C@H](O)C(C)(C)[C@H]1CC3. The third kappa shape index (κ3) is 3.88.